The van der Waals surface area contributed by atoms with Crippen LogP contribution in [0.2, 0.25) is 0 Å². The Balaban J connectivity index is 2.23. The predicted molar refractivity (Wildman–Crippen MR) is 62.8 cm³/mol. The average molecular weight is 289 g/mol. The quantitative estimate of drug-likeness (QED) is 0.907. The van der Waals surface area contributed by atoms with Gasteiger partial charge in [-0.3, -0.25) is 0 Å². The van der Waals surface area contributed by atoms with Gasteiger partial charge in [0.15, 0.2) is 0 Å². The van der Waals surface area contributed by atoms with E-state index >= 15 is 0 Å². The fourth-order valence-electron chi connectivity index (χ4n) is 2.01. The molecule has 0 aliphatic carbocycles. The molecule has 0 saturated carbocycles. The molecule has 1 aliphatic rings. The minimum absolute atomic E-state index is 0.245. The van der Waals surface area contributed by atoms with Gasteiger partial charge < -0.3 is 9.84 Å². The molecule has 1 aliphatic heterocycles. The molecule has 1 saturated heterocycles. The Morgan fingerprint density at radius 1 is 1.62 bits per heavy atom. The number of hydrogen-bond donors (Lipinski definition) is 1. The molecule has 2 atom stereocenters. The first-order chi connectivity index (χ1) is 7.51. The number of halogens is 2. The van der Waals surface area contributed by atoms with Crippen molar-refractivity contribution in [3.8, 4) is 0 Å². The molecule has 0 spiro atoms. The summed E-state index contributed by atoms with van der Waals surface area (Å²) in [6, 6.07) is 4.76. The third-order valence-corrected chi connectivity index (χ3v) is 3.66. The Morgan fingerprint density at radius 3 is 3.00 bits per heavy atom. The highest BCUT2D eigenvalue weighted by molar-refractivity contribution is 9.10. The molecule has 1 N–H and O–H groups in total. The van der Waals surface area contributed by atoms with Gasteiger partial charge in [-0.15, -0.1) is 0 Å². The van der Waals surface area contributed by atoms with E-state index in [0.717, 1.165) is 4.47 Å². The van der Waals surface area contributed by atoms with Gasteiger partial charge in [-0.1, -0.05) is 15.9 Å². The molecule has 88 valence electrons. The van der Waals surface area contributed by atoms with E-state index in [4.69, 9.17) is 4.74 Å². The van der Waals surface area contributed by atoms with E-state index in [1.807, 2.05) is 6.92 Å². The summed E-state index contributed by atoms with van der Waals surface area (Å²) in [5.74, 6) is -0.282. The normalized spacial score (nSPS) is 29.6. The van der Waals surface area contributed by atoms with E-state index in [0.29, 0.717) is 25.0 Å². The van der Waals surface area contributed by atoms with Crippen molar-refractivity contribution in [2.45, 2.75) is 31.5 Å². The fraction of sp³-hybridized carbons (Fsp3) is 0.500. The maximum Gasteiger partial charge on any atom is 0.126 e. The van der Waals surface area contributed by atoms with Gasteiger partial charge in [0.25, 0.3) is 0 Å². The van der Waals surface area contributed by atoms with E-state index in [1.165, 1.54) is 6.07 Å². The topological polar surface area (TPSA) is 29.5 Å². The zero-order chi connectivity index (χ0) is 11.8. The highest BCUT2D eigenvalue weighted by Gasteiger charge is 2.40. The van der Waals surface area contributed by atoms with Crippen LogP contribution in [-0.4, -0.2) is 23.4 Å². The number of hydrogen-bond acceptors (Lipinski definition) is 2. The van der Waals surface area contributed by atoms with Gasteiger partial charge in [0.2, 0.25) is 0 Å². The van der Waals surface area contributed by atoms with Gasteiger partial charge in [-0.05, 0) is 30.7 Å². The molecule has 2 rings (SSSR count). The lowest BCUT2D eigenvalue weighted by Gasteiger charge is -2.26. The zero-order valence-corrected chi connectivity index (χ0v) is 10.6. The van der Waals surface area contributed by atoms with Gasteiger partial charge in [0.05, 0.1) is 11.7 Å². The molecule has 16 heavy (non-hydrogen) atoms. The molecule has 1 fully saturated rings. The summed E-state index contributed by atoms with van der Waals surface area (Å²) in [6.45, 7) is 2.36. The molecule has 1 aromatic rings. The molecule has 0 bridgehead atoms. The number of benzene rings is 1. The van der Waals surface area contributed by atoms with Crippen molar-refractivity contribution < 1.29 is 14.2 Å². The van der Waals surface area contributed by atoms with E-state index in [2.05, 4.69) is 15.9 Å². The second-order valence-electron chi connectivity index (χ2n) is 4.28. The Morgan fingerprint density at radius 2 is 2.38 bits per heavy atom. The summed E-state index contributed by atoms with van der Waals surface area (Å²) in [7, 11) is 0. The second-order valence-corrected chi connectivity index (χ2v) is 5.19. The lowest BCUT2D eigenvalue weighted by molar-refractivity contribution is -0.0273. The highest BCUT2D eigenvalue weighted by atomic mass is 79.9. The highest BCUT2D eigenvalue weighted by Crippen LogP contribution is 2.30. The van der Waals surface area contributed by atoms with E-state index in [1.54, 1.807) is 12.1 Å². The van der Waals surface area contributed by atoms with Crippen LogP contribution in [0.4, 0.5) is 4.39 Å². The summed E-state index contributed by atoms with van der Waals surface area (Å²) in [4.78, 5) is 0. The van der Waals surface area contributed by atoms with Crippen LogP contribution in [0.3, 0.4) is 0 Å². The maximum atomic E-state index is 13.5. The van der Waals surface area contributed by atoms with Crippen LogP contribution in [0.15, 0.2) is 22.7 Å². The Hall–Kier alpha value is -0.450. The van der Waals surface area contributed by atoms with Crippen LogP contribution in [0.5, 0.6) is 0 Å². The summed E-state index contributed by atoms with van der Waals surface area (Å²) >= 11 is 3.30. The van der Waals surface area contributed by atoms with Gasteiger partial charge >= 0.3 is 0 Å². The monoisotopic (exact) mass is 288 g/mol. The smallest absolute Gasteiger partial charge is 0.126 e. The lowest BCUT2D eigenvalue weighted by Crippen LogP contribution is -2.38. The summed E-state index contributed by atoms with van der Waals surface area (Å²) in [6.07, 6.45) is 0.602. The minimum Gasteiger partial charge on any atom is -0.387 e. The van der Waals surface area contributed by atoms with Crippen LogP contribution in [0, 0.1) is 5.82 Å². The molecule has 0 amide bonds. The third kappa shape index (κ3) is 2.29. The Labute approximate surface area is 103 Å². The predicted octanol–water partition coefficient (Wildman–Crippen LogP) is 2.67. The molecular formula is C12H14BrFO2. The molecule has 2 unspecified atom stereocenters. The van der Waals surface area contributed by atoms with Gasteiger partial charge in [-0.2, -0.15) is 0 Å². The minimum atomic E-state index is -0.943. The number of aliphatic hydroxyl groups is 1. The Kier molecular flexibility index (Phi) is 3.33. The first kappa shape index (κ1) is 12.0. The van der Waals surface area contributed by atoms with E-state index in [-0.39, 0.29) is 11.9 Å². The summed E-state index contributed by atoms with van der Waals surface area (Å²) in [5, 5.41) is 10.3. The second kappa shape index (κ2) is 4.43. The SMILES string of the molecule is CC1OCCC1(O)Cc1cc(Br)ccc1F. The van der Waals surface area contributed by atoms with Gasteiger partial charge in [0, 0.05) is 23.9 Å². The van der Waals surface area contributed by atoms with E-state index < -0.39 is 5.60 Å². The van der Waals surface area contributed by atoms with Crippen molar-refractivity contribution in [1.82, 2.24) is 0 Å². The average Bonchev–Trinajstić information content (AvgIpc) is 2.53. The summed E-state index contributed by atoms with van der Waals surface area (Å²) < 4.78 is 19.7. The zero-order valence-electron chi connectivity index (χ0n) is 9.04. The molecule has 0 aromatic heterocycles. The molecule has 0 radical (unpaired) electrons. The first-order valence-electron chi connectivity index (χ1n) is 5.29. The standard InChI is InChI=1S/C12H14BrFO2/c1-8-12(15,4-5-16-8)7-9-6-10(13)2-3-11(9)14/h2-3,6,8,15H,4-5,7H2,1H3. The van der Waals surface area contributed by atoms with Crippen molar-refractivity contribution in [2.24, 2.45) is 0 Å². The molecule has 1 heterocycles. The van der Waals surface area contributed by atoms with Crippen LogP contribution in [0.1, 0.15) is 18.9 Å². The Bertz CT molecular complexity index is 397. The van der Waals surface area contributed by atoms with Crippen LogP contribution < -0.4 is 0 Å². The van der Waals surface area contributed by atoms with Crippen LogP contribution in [-0.2, 0) is 11.2 Å². The molecule has 4 heteroatoms. The first-order valence-corrected chi connectivity index (χ1v) is 6.08. The van der Waals surface area contributed by atoms with Crippen molar-refractivity contribution in [3.05, 3.63) is 34.1 Å². The largest absolute Gasteiger partial charge is 0.387 e. The van der Waals surface area contributed by atoms with Gasteiger partial charge in [-0.25, -0.2) is 4.39 Å². The van der Waals surface area contributed by atoms with Crippen molar-refractivity contribution in [3.63, 3.8) is 0 Å². The molecular weight excluding hydrogens is 275 g/mol. The van der Waals surface area contributed by atoms with Crippen LogP contribution >= 0.6 is 15.9 Å². The van der Waals surface area contributed by atoms with Crippen molar-refractivity contribution in [1.29, 1.82) is 0 Å². The third-order valence-electron chi connectivity index (χ3n) is 3.16. The molecule has 2 nitrogen and oxygen atoms in total. The number of ether oxygens (including phenoxy) is 1. The fourth-order valence-corrected chi connectivity index (χ4v) is 2.42. The number of rotatable bonds is 2. The lowest BCUT2D eigenvalue weighted by atomic mass is 9.89. The maximum absolute atomic E-state index is 13.5. The van der Waals surface area contributed by atoms with Crippen LogP contribution in [0.25, 0.3) is 0 Å². The van der Waals surface area contributed by atoms with E-state index in [9.17, 15) is 9.50 Å². The van der Waals surface area contributed by atoms with Crippen molar-refractivity contribution in [2.75, 3.05) is 6.61 Å². The molecule has 1 aromatic carbocycles. The van der Waals surface area contributed by atoms with Crippen molar-refractivity contribution >= 4 is 15.9 Å². The van der Waals surface area contributed by atoms with Gasteiger partial charge in [0.1, 0.15) is 5.82 Å². The summed E-state index contributed by atoms with van der Waals surface area (Å²) in [5.41, 5.74) is -0.420.